The second-order valence-corrected chi connectivity index (χ2v) is 10.6. The number of carbonyl (C=O) groups is 2. The molecule has 7 nitrogen and oxygen atoms in total. The lowest BCUT2D eigenvalue weighted by Crippen LogP contribution is -2.29. The number of esters is 1. The SMILES string of the molecule is C=CCOC(=O)c1sc(N2C(=O)c3oc4ccc(Br)cc4c(=O)c3C2c2cccc(Br)c2)nc1C. The van der Waals surface area contributed by atoms with Crippen LogP contribution in [0.2, 0.25) is 0 Å². The topological polar surface area (TPSA) is 89.7 Å². The molecule has 0 radical (unpaired) electrons. The van der Waals surface area contributed by atoms with Gasteiger partial charge in [-0.2, -0.15) is 0 Å². The Labute approximate surface area is 220 Å². The van der Waals surface area contributed by atoms with E-state index in [-0.39, 0.29) is 33.4 Å². The van der Waals surface area contributed by atoms with E-state index in [1.807, 2.05) is 24.3 Å². The molecule has 5 rings (SSSR count). The molecule has 1 atom stereocenters. The monoisotopic (exact) mass is 614 g/mol. The van der Waals surface area contributed by atoms with E-state index in [1.54, 1.807) is 25.1 Å². The maximum atomic E-state index is 13.7. The van der Waals surface area contributed by atoms with Crippen LogP contribution in [0, 0.1) is 6.92 Å². The molecule has 0 spiro atoms. The van der Waals surface area contributed by atoms with E-state index in [9.17, 15) is 14.4 Å². The Balaban J connectivity index is 1.73. The summed E-state index contributed by atoms with van der Waals surface area (Å²) in [6.07, 6.45) is 1.47. The number of hydrogen-bond donors (Lipinski definition) is 0. The maximum absolute atomic E-state index is 13.7. The average Bonchev–Trinajstić information content (AvgIpc) is 3.35. The molecule has 35 heavy (non-hydrogen) atoms. The van der Waals surface area contributed by atoms with Crippen LogP contribution in [0.4, 0.5) is 5.13 Å². The van der Waals surface area contributed by atoms with Crippen LogP contribution in [0.25, 0.3) is 11.0 Å². The van der Waals surface area contributed by atoms with Gasteiger partial charge >= 0.3 is 5.97 Å². The minimum atomic E-state index is -0.794. The summed E-state index contributed by atoms with van der Waals surface area (Å²) in [5.74, 6) is -1.11. The number of nitrogens with zero attached hydrogens (tertiary/aromatic N) is 2. The molecule has 1 unspecified atom stereocenters. The molecule has 1 aliphatic rings. The number of benzene rings is 2. The highest BCUT2D eigenvalue weighted by atomic mass is 79.9. The van der Waals surface area contributed by atoms with Crippen molar-refractivity contribution in [3.8, 4) is 0 Å². The minimum absolute atomic E-state index is 0.0431. The number of ether oxygens (including phenoxy) is 1. The minimum Gasteiger partial charge on any atom is -0.457 e. The fourth-order valence-electron chi connectivity index (χ4n) is 4.01. The Bertz CT molecular complexity index is 1590. The van der Waals surface area contributed by atoms with Gasteiger partial charge in [0.15, 0.2) is 10.6 Å². The number of aromatic nitrogens is 1. The number of carbonyl (C=O) groups excluding carboxylic acids is 2. The highest BCUT2D eigenvalue weighted by molar-refractivity contribution is 9.10. The molecule has 0 N–H and O–H groups in total. The molecule has 0 aliphatic carbocycles. The molecular formula is C25H16Br2N2O5S. The van der Waals surface area contributed by atoms with E-state index in [2.05, 4.69) is 43.4 Å². The first-order valence-electron chi connectivity index (χ1n) is 10.4. The van der Waals surface area contributed by atoms with Crippen LogP contribution < -0.4 is 10.3 Å². The third-order valence-electron chi connectivity index (χ3n) is 5.51. The Kier molecular flexibility index (Phi) is 6.20. The lowest BCUT2D eigenvalue weighted by atomic mass is 9.99. The third-order valence-corrected chi connectivity index (χ3v) is 7.63. The van der Waals surface area contributed by atoms with Crippen molar-refractivity contribution in [2.24, 2.45) is 0 Å². The van der Waals surface area contributed by atoms with E-state index >= 15 is 0 Å². The van der Waals surface area contributed by atoms with Crippen LogP contribution in [-0.4, -0.2) is 23.5 Å². The van der Waals surface area contributed by atoms with Crippen LogP contribution in [0.5, 0.6) is 0 Å². The Morgan fingerprint density at radius 1 is 1.23 bits per heavy atom. The van der Waals surface area contributed by atoms with Crippen molar-refractivity contribution in [1.29, 1.82) is 0 Å². The molecule has 1 aliphatic heterocycles. The number of amides is 1. The van der Waals surface area contributed by atoms with Crippen LogP contribution >= 0.6 is 43.2 Å². The van der Waals surface area contributed by atoms with Crippen molar-refractivity contribution in [1.82, 2.24) is 4.98 Å². The van der Waals surface area contributed by atoms with E-state index in [4.69, 9.17) is 9.15 Å². The number of anilines is 1. The molecule has 2 aromatic carbocycles. The molecule has 176 valence electrons. The zero-order chi connectivity index (χ0) is 24.9. The molecule has 10 heteroatoms. The molecule has 4 aromatic rings. The summed E-state index contributed by atoms with van der Waals surface area (Å²) in [6.45, 7) is 5.27. The molecule has 1 amide bonds. The van der Waals surface area contributed by atoms with Gasteiger partial charge in [0, 0.05) is 8.95 Å². The molecule has 0 saturated carbocycles. The predicted molar refractivity (Wildman–Crippen MR) is 140 cm³/mol. The fraction of sp³-hybridized carbons (Fsp3) is 0.120. The number of thiazole rings is 1. The molecule has 0 saturated heterocycles. The number of fused-ring (bicyclic) bond motifs is 2. The second-order valence-electron chi connectivity index (χ2n) is 7.75. The number of halogens is 2. The summed E-state index contributed by atoms with van der Waals surface area (Å²) in [5.41, 5.74) is 1.34. The van der Waals surface area contributed by atoms with Gasteiger partial charge in [-0.25, -0.2) is 9.78 Å². The van der Waals surface area contributed by atoms with Gasteiger partial charge in [-0.05, 0) is 42.8 Å². The van der Waals surface area contributed by atoms with Crippen LogP contribution in [0.3, 0.4) is 0 Å². The predicted octanol–water partition coefficient (Wildman–Crippen LogP) is 6.18. The zero-order valence-electron chi connectivity index (χ0n) is 18.2. The van der Waals surface area contributed by atoms with Gasteiger partial charge in [0.25, 0.3) is 5.91 Å². The van der Waals surface area contributed by atoms with Gasteiger partial charge in [-0.3, -0.25) is 14.5 Å². The summed E-state index contributed by atoms with van der Waals surface area (Å²) in [4.78, 5) is 46.1. The number of rotatable bonds is 5. The van der Waals surface area contributed by atoms with Gasteiger partial charge in [-0.1, -0.05) is 68.0 Å². The van der Waals surface area contributed by atoms with Gasteiger partial charge in [0.1, 0.15) is 17.1 Å². The largest absolute Gasteiger partial charge is 0.457 e. The maximum Gasteiger partial charge on any atom is 0.350 e. The average molecular weight is 616 g/mol. The van der Waals surface area contributed by atoms with Gasteiger partial charge < -0.3 is 9.15 Å². The van der Waals surface area contributed by atoms with Crippen LogP contribution in [0.1, 0.15) is 43.1 Å². The first-order chi connectivity index (χ1) is 16.8. The van der Waals surface area contributed by atoms with Crippen molar-refractivity contribution in [3.63, 3.8) is 0 Å². The summed E-state index contributed by atoms with van der Waals surface area (Å²) in [6, 6.07) is 11.6. The van der Waals surface area contributed by atoms with E-state index in [1.165, 1.54) is 11.0 Å². The molecule has 2 aromatic heterocycles. The molecule has 0 bridgehead atoms. The van der Waals surface area contributed by atoms with Crippen molar-refractivity contribution in [3.05, 3.63) is 102 Å². The lowest BCUT2D eigenvalue weighted by Gasteiger charge is -2.22. The van der Waals surface area contributed by atoms with E-state index in [0.29, 0.717) is 22.2 Å². The van der Waals surface area contributed by atoms with Crippen LogP contribution in [0.15, 0.2) is 73.3 Å². The highest BCUT2D eigenvalue weighted by Crippen LogP contribution is 2.43. The molecule has 0 fully saturated rings. The fourth-order valence-corrected chi connectivity index (χ4v) is 5.77. The van der Waals surface area contributed by atoms with Crippen molar-refractivity contribution in [2.45, 2.75) is 13.0 Å². The highest BCUT2D eigenvalue weighted by Gasteiger charge is 2.45. The van der Waals surface area contributed by atoms with Gasteiger partial charge in [0.2, 0.25) is 5.76 Å². The summed E-state index contributed by atoms with van der Waals surface area (Å²) < 4.78 is 12.6. The Morgan fingerprint density at radius 2 is 2.00 bits per heavy atom. The van der Waals surface area contributed by atoms with Gasteiger partial charge in [0.05, 0.1) is 22.7 Å². The van der Waals surface area contributed by atoms with Crippen LogP contribution in [-0.2, 0) is 4.74 Å². The summed E-state index contributed by atoms with van der Waals surface area (Å²) in [7, 11) is 0. The quantitative estimate of drug-likeness (QED) is 0.197. The van der Waals surface area contributed by atoms with Crippen molar-refractivity contribution in [2.75, 3.05) is 11.5 Å². The van der Waals surface area contributed by atoms with E-state index in [0.717, 1.165) is 20.3 Å². The number of hydrogen-bond acceptors (Lipinski definition) is 7. The van der Waals surface area contributed by atoms with E-state index < -0.39 is 17.9 Å². The Hall–Kier alpha value is -3.08. The zero-order valence-corrected chi connectivity index (χ0v) is 22.2. The third kappa shape index (κ3) is 4.05. The standard InChI is InChI=1S/C25H16Br2N2O5S/c1-3-9-33-24(32)22-12(2)28-25(35-22)29-19(13-5-4-6-14(26)10-13)18-20(30)16-11-15(27)7-8-17(16)34-21(18)23(29)31/h3-8,10-11,19H,1,9H2,2H3. The second kappa shape index (κ2) is 9.18. The first-order valence-corrected chi connectivity index (χ1v) is 12.8. The molecular weight excluding hydrogens is 600 g/mol. The smallest absolute Gasteiger partial charge is 0.350 e. The first kappa shape index (κ1) is 23.7. The van der Waals surface area contributed by atoms with Crippen molar-refractivity contribution < 1.29 is 18.7 Å². The Morgan fingerprint density at radius 3 is 2.74 bits per heavy atom. The van der Waals surface area contributed by atoms with Gasteiger partial charge in [-0.15, -0.1) is 0 Å². The lowest BCUT2D eigenvalue weighted by molar-refractivity contribution is 0.0554. The normalized spacial score (nSPS) is 14.9. The van der Waals surface area contributed by atoms with Crippen molar-refractivity contribution >= 4 is 71.2 Å². The summed E-state index contributed by atoms with van der Waals surface area (Å²) >= 11 is 7.90. The molecule has 3 heterocycles. The number of aryl methyl sites for hydroxylation is 1. The summed E-state index contributed by atoms with van der Waals surface area (Å²) in [5, 5.41) is 0.621.